The largest absolute Gasteiger partial charge is 0.489 e. The fourth-order valence-electron chi connectivity index (χ4n) is 1.87. The number of benzene rings is 2. The molecule has 0 aromatic heterocycles. The second-order valence-corrected chi connectivity index (χ2v) is 4.67. The van der Waals surface area contributed by atoms with Crippen LogP contribution in [0.4, 0.5) is 10.5 Å². The average Bonchev–Trinajstić information content (AvgIpc) is 2.41. The highest BCUT2D eigenvalue weighted by molar-refractivity contribution is 5.82. The van der Waals surface area contributed by atoms with Gasteiger partial charge in [-0.15, -0.1) is 0 Å². The van der Waals surface area contributed by atoms with Gasteiger partial charge in [-0.1, -0.05) is 23.8 Å². The number of anilines is 1. The molecule has 0 saturated carbocycles. The maximum atomic E-state index is 10.5. The lowest BCUT2D eigenvalue weighted by atomic mass is 10.1. The van der Waals surface area contributed by atoms with Crippen LogP contribution >= 0.6 is 0 Å². The Balaban J connectivity index is 2.00. The van der Waals surface area contributed by atoms with Crippen molar-refractivity contribution in [2.24, 2.45) is 0 Å². The molecule has 4 nitrogen and oxygen atoms in total. The van der Waals surface area contributed by atoms with E-state index in [0.717, 1.165) is 5.56 Å². The molecule has 2 aromatic carbocycles. The Labute approximate surface area is 118 Å². The number of aryl methyl sites for hydroxylation is 2. The van der Waals surface area contributed by atoms with Crippen LogP contribution in [0.1, 0.15) is 16.7 Å². The van der Waals surface area contributed by atoms with E-state index in [-0.39, 0.29) is 0 Å². The summed E-state index contributed by atoms with van der Waals surface area (Å²) in [6.07, 6.45) is -1.07. The Morgan fingerprint density at radius 3 is 2.50 bits per heavy atom. The van der Waals surface area contributed by atoms with Gasteiger partial charge in [-0.05, 0) is 49.2 Å². The number of ether oxygens (including phenoxy) is 1. The summed E-state index contributed by atoms with van der Waals surface area (Å²) in [7, 11) is 0. The Hall–Kier alpha value is -2.49. The molecule has 0 bridgehead atoms. The van der Waals surface area contributed by atoms with E-state index in [2.05, 4.69) is 37.4 Å². The summed E-state index contributed by atoms with van der Waals surface area (Å²) >= 11 is 0. The van der Waals surface area contributed by atoms with Gasteiger partial charge < -0.3 is 9.84 Å². The molecule has 2 rings (SSSR count). The highest BCUT2D eigenvalue weighted by Crippen LogP contribution is 2.18. The zero-order valence-electron chi connectivity index (χ0n) is 11.5. The molecule has 0 aliphatic rings. The van der Waals surface area contributed by atoms with E-state index >= 15 is 0 Å². The third-order valence-corrected chi connectivity index (χ3v) is 3.00. The van der Waals surface area contributed by atoms with Crippen molar-refractivity contribution < 1.29 is 14.6 Å². The van der Waals surface area contributed by atoms with Crippen LogP contribution in [0.25, 0.3) is 0 Å². The highest BCUT2D eigenvalue weighted by atomic mass is 16.5. The van der Waals surface area contributed by atoms with Gasteiger partial charge in [-0.3, -0.25) is 5.32 Å². The molecule has 0 spiro atoms. The summed E-state index contributed by atoms with van der Waals surface area (Å²) in [6, 6.07) is 13.1. The van der Waals surface area contributed by atoms with Crippen LogP contribution in [0, 0.1) is 13.8 Å². The van der Waals surface area contributed by atoms with Crippen molar-refractivity contribution in [2.75, 3.05) is 5.32 Å². The van der Waals surface area contributed by atoms with Gasteiger partial charge in [0.25, 0.3) is 0 Å². The Bertz CT molecular complexity index is 606. The topological polar surface area (TPSA) is 58.6 Å². The van der Waals surface area contributed by atoms with Gasteiger partial charge in [0.2, 0.25) is 0 Å². The molecule has 104 valence electrons. The molecule has 0 aliphatic carbocycles. The van der Waals surface area contributed by atoms with Crippen LogP contribution < -0.4 is 10.1 Å². The van der Waals surface area contributed by atoms with Crippen molar-refractivity contribution in [3.8, 4) is 5.75 Å². The molecule has 0 saturated heterocycles. The van der Waals surface area contributed by atoms with Crippen molar-refractivity contribution in [1.29, 1.82) is 0 Å². The molecule has 0 radical (unpaired) electrons. The molecular weight excluding hydrogens is 254 g/mol. The first-order valence-electron chi connectivity index (χ1n) is 6.33. The lowest BCUT2D eigenvalue weighted by Gasteiger charge is -2.10. The predicted octanol–water partition coefficient (Wildman–Crippen LogP) is 3.97. The van der Waals surface area contributed by atoms with Crippen LogP contribution in [0.15, 0.2) is 42.5 Å². The molecule has 4 heteroatoms. The standard InChI is InChI=1S/C16H17NO3/c1-11-3-4-12(2)13(9-11)10-20-15-7-5-14(6-8-15)17-16(18)19/h3-9,17H,10H2,1-2H3,(H,18,19). The molecule has 0 heterocycles. The summed E-state index contributed by atoms with van der Waals surface area (Å²) in [5.74, 6) is 0.710. The van der Waals surface area contributed by atoms with E-state index < -0.39 is 6.09 Å². The van der Waals surface area contributed by atoms with Gasteiger partial charge in [0, 0.05) is 5.69 Å². The van der Waals surface area contributed by atoms with Gasteiger partial charge >= 0.3 is 6.09 Å². The van der Waals surface area contributed by atoms with E-state index in [1.807, 2.05) is 0 Å². The Kier molecular flexibility index (Phi) is 4.25. The second kappa shape index (κ2) is 6.10. The van der Waals surface area contributed by atoms with Crippen molar-refractivity contribution in [3.63, 3.8) is 0 Å². The van der Waals surface area contributed by atoms with Crippen LogP contribution in [0.5, 0.6) is 5.75 Å². The first-order valence-corrected chi connectivity index (χ1v) is 6.33. The monoisotopic (exact) mass is 271 g/mol. The van der Waals surface area contributed by atoms with E-state index in [9.17, 15) is 4.79 Å². The SMILES string of the molecule is Cc1ccc(C)c(COc2ccc(NC(=O)O)cc2)c1. The summed E-state index contributed by atoms with van der Waals surface area (Å²) in [5.41, 5.74) is 4.07. The van der Waals surface area contributed by atoms with E-state index in [1.54, 1.807) is 24.3 Å². The van der Waals surface area contributed by atoms with Crippen molar-refractivity contribution in [3.05, 3.63) is 59.2 Å². The van der Waals surface area contributed by atoms with Crippen molar-refractivity contribution in [2.45, 2.75) is 20.5 Å². The minimum Gasteiger partial charge on any atom is -0.489 e. The fraction of sp³-hybridized carbons (Fsp3) is 0.188. The number of rotatable bonds is 4. The van der Waals surface area contributed by atoms with Gasteiger partial charge in [0.1, 0.15) is 12.4 Å². The van der Waals surface area contributed by atoms with Gasteiger partial charge in [0.05, 0.1) is 0 Å². The Morgan fingerprint density at radius 2 is 1.85 bits per heavy atom. The number of nitrogens with one attached hydrogen (secondary N) is 1. The smallest absolute Gasteiger partial charge is 0.409 e. The first-order chi connectivity index (χ1) is 9.54. The summed E-state index contributed by atoms with van der Waals surface area (Å²) < 4.78 is 5.71. The third-order valence-electron chi connectivity index (χ3n) is 3.00. The number of carbonyl (C=O) groups is 1. The number of carboxylic acid groups (broad SMARTS) is 1. The first kappa shape index (κ1) is 13.9. The minimum atomic E-state index is -1.07. The van der Waals surface area contributed by atoms with Crippen LogP contribution in [-0.4, -0.2) is 11.2 Å². The maximum absolute atomic E-state index is 10.5. The summed E-state index contributed by atoms with van der Waals surface area (Å²) in [6.45, 7) is 4.60. The molecule has 0 atom stereocenters. The van der Waals surface area contributed by atoms with E-state index in [4.69, 9.17) is 9.84 Å². The average molecular weight is 271 g/mol. The van der Waals surface area contributed by atoms with Crippen molar-refractivity contribution in [1.82, 2.24) is 0 Å². The van der Waals surface area contributed by atoms with Crippen LogP contribution in [0.2, 0.25) is 0 Å². The number of hydrogen-bond donors (Lipinski definition) is 2. The number of amides is 1. The zero-order chi connectivity index (χ0) is 14.5. The third kappa shape index (κ3) is 3.75. The van der Waals surface area contributed by atoms with Crippen molar-refractivity contribution >= 4 is 11.8 Å². The fourth-order valence-corrected chi connectivity index (χ4v) is 1.87. The van der Waals surface area contributed by atoms with E-state index in [0.29, 0.717) is 18.0 Å². The molecular formula is C16H17NO3. The highest BCUT2D eigenvalue weighted by Gasteiger charge is 2.02. The quantitative estimate of drug-likeness (QED) is 0.884. The minimum absolute atomic E-state index is 0.499. The number of hydrogen-bond acceptors (Lipinski definition) is 2. The predicted molar refractivity (Wildman–Crippen MR) is 78.3 cm³/mol. The van der Waals surface area contributed by atoms with Gasteiger partial charge in [-0.25, -0.2) is 4.79 Å². The molecule has 0 fully saturated rings. The summed E-state index contributed by atoms with van der Waals surface area (Å²) in [5, 5.41) is 10.9. The zero-order valence-corrected chi connectivity index (χ0v) is 11.5. The van der Waals surface area contributed by atoms with Gasteiger partial charge in [0.15, 0.2) is 0 Å². The molecule has 1 amide bonds. The molecule has 0 unspecified atom stereocenters. The molecule has 0 aliphatic heterocycles. The molecule has 2 aromatic rings. The normalized spacial score (nSPS) is 10.1. The van der Waals surface area contributed by atoms with Crippen LogP contribution in [0.3, 0.4) is 0 Å². The second-order valence-electron chi connectivity index (χ2n) is 4.67. The Morgan fingerprint density at radius 1 is 1.15 bits per heavy atom. The maximum Gasteiger partial charge on any atom is 0.409 e. The summed E-state index contributed by atoms with van der Waals surface area (Å²) in [4.78, 5) is 10.5. The van der Waals surface area contributed by atoms with E-state index in [1.165, 1.54) is 11.1 Å². The van der Waals surface area contributed by atoms with Gasteiger partial charge in [-0.2, -0.15) is 0 Å². The molecule has 2 N–H and O–H groups in total. The van der Waals surface area contributed by atoms with Crippen LogP contribution in [-0.2, 0) is 6.61 Å². The lowest BCUT2D eigenvalue weighted by Crippen LogP contribution is -2.06. The lowest BCUT2D eigenvalue weighted by molar-refractivity contribution is 0.209. The molecule has 20 heavy (non-hydrogen) atoms.